The fourth-order valence-electron chi connectivity index (χ4n) is 4.51. The van der Waals surface area contributed by atoms with Gasteiger partial charge in [-0.3, -0.25) is 14.8 Å². The molecule has 3 heterocycles. The molecule has 1 atom stereocenters. The molecule has 0 saturated carbocycles. The molecule has 2 aliphatic heterocycles. The Kier molecular flexibility index (Phi) is 9.24. The van der Waals surface area contributed by atoms with Crippen molar-refractivity contribution in [1.82, 2.24) is 4.98 Å². The number of anilines is 2. The minimum Gasteiger partial charge on any atom is -0.493 e. The number of carboxylic acid groups (broad SMARTS) is 1. The van der Waals surface area contributed by atoms with Gasteiger partial charge in [-0.05, 0) is 61.9 Å². The second-order valence-electron chi connectivity index (χ2n) is 9.54. The lowest BCUT2D eigenvalue weighted by atomic mass is 9.98. The van der Waals surface area contributed by atoms with Crippen LogP contribution in [0.4, 0.5) is 11.5 Å². The average molecular weight is 518 g/mol. The fourth-order valence-corrected chi connectivity index (χ4v) is 4.51. The first-order chi connectivity index (χ1) is 18.5. The molecule has 9 heteroatoms. The number of aromatic carboxylic acids is 1. The van der Waals surface area contributed by atoms with Crippen molar-refractivity contribution >= 4 is 35.8 Å². The van der Waals surface area contributed by atoms with E-state index in [1.165, 1.54) is 0 Å². The van der Waals surface area contributed by atoms with Gasteiger partial charge in [0, 0.05) is 25.5 Å². The third-order valence-electron chi connectivity index (χ3n) is 6.77. The van der Waals surface area contributed by atoms with Gasteiger partial charge in [0.05, 0.1) is 41.4 Å². The fraction of sp³-hybridized carbons (Fsp3) is 0.414. The summed E-state index contributed by atoms with van der Waals surface area (Å²) >= 11 is 0. The van der Waals surface area contributed by atoms with E-state index >= 15 is 0 Å². The molecule has 9 nitrogen and oxygen atoms in total. The number of nitrogens with zero attached hydrogens (tertiary/aromatic N) is 4. The minimum absolute atomic E-state index is 0.0763. The zero-order chi connectivity index (χ0) is 26.9. The highest BCUT2D eigenvalue weighted by Crippen LogP contribution is 2.26. The molecule has 0 radical (unpaired) electrons. The molecular formula is C29H35N5O4. The van der Waals surface area contributed by atoms with E-state index in [2.05, 4.69) is 32.1 Å². The first kappa shape index (κ1) is 27.0. The van der Waals surface area contributed by atoms with Crippen LogP contribution in [0.2, 0.25) is 0 Å². The summed E-state index contributed by atoms with van der Waals surface area (Å²) in [6, 6.07) is 10.3. The van der Waals surface area contributed by atoms with Crippen LogP contribution in [0.5, 0.6) is 5.75 Å². The lowest BCUT2D eigenvalue weighted by molar-refractivity contribution is -0.112. The highest BCUT2D eigenvalue weighted by molar-refractivity contribution is 6.19. The van der Waals surface area contributed by atoms with E-state index in [0.717, 1.165) is 56.7 Å². The molecule has 38 heavy (non-hydrogen) atoms. The number of nitrogens with one attached hydrogen (secondary N) is 1. The first-order valence-electron chi connectivity index (χ1n) is 13.3. The Hall–Kier alpha value is -4.01. The molecule has 2 N–H and O–H groups in total. The second kappa shape index (κ2) is 13.0. The van der Waals surface area contributed by atoms with Gasteiger partial charge in [0.25, 0.3) is 5.91 Å². The summed E-state index contributed by atoms with van der Waals surface area (Å²) in [5, 5.41) is 12.1. The summed E-state index contributed by atoms with van der Waals surface area (Å²) in [6.07, 6.45) is 9.74. The normalized spacial score (nSPS) is 17.8. The maximum Gasteiger partial charge on any atom is 0.335 e. The summed E-state index contributed by atoms with van der Waals surface area (Å²) in [5.41, 5.74) is 2.09. The SMILES string of the molecule is CCCC=NC1=C(C(=O)Nc2ccc(N3CCC(COc4cccc(C(=O)O)c4)CC3)nc2)C=NC1CC. The van der Waals surface area contributed by atoms with Gasteiger partial charge in [-0.1, -0.05) is 26.3 Å². The number of pyridine rings is 1. The number of carboxylic acids is 1. The van der Waals surface area contributed by atoms with Gasteiger partial charge in [-0.25, -0.2) is 9.78 Å². The molecule has 0 spiro atoms. The maximum absolute atomic E-state index is 12.9. The standard InChI is InChI=1S/C29H35N5O4/c1-3-5-13-30-27-24(18-31-25(27)4-2)28(35)33-22-9-10-26(32-17-22)34-14-11-20(12-15-34)19-38-23-8-6-7-21(16-23)29(36)37/h6-10,13,16-18,20,25H,3-5,11-12,14-15,19H2,1-2H3,(H,33,35)(H,36,37). The number of hydrogen-bond donors (Lipinski definition) is 2. The van der Waals surface area contributed by atoms with E-state index in [-0.39, 0.29) is 17.5 Å². The van der Waals surface area contributed by atoms with E-state index < -0.39 is 5.97 Å². The van der Waals surface area contributed by atoms with Crippen LogP contribution in [0.1, 0.15) is 56.3 Å². The molecule has 200 valence electrons. The van der Waals surface area contributed by atoms with Crippen LogP contribution in [-0.2, 0) is 4.79 Å². The van der Waals surface area contributed by atoms with Crippen LogP contribution in [0.25, 0.3) is 0 Å². The zero-order valence-electron chi connectivity index (χ0n) is 22.0. The third-order valence-corrected chi connectivity index (χ3v) is 6.77. The summed E-state index contributed by atoms with van der Waals surface area (Å²) in [7, 11) is 0. The highest BCUT2D eigenvalue weighted by atomic mass is 16.5. The van der Waals surface area contributed by atoms with Crippen molar-refractivity contribution in [3.05, 3.63) is 59.4 Å². The first-order valence-corrected chi connectivity index (χ1v) is 13.3. The topological polar surface area (TPSA) is 116 Å². The molecule has 1 unspecified atom stereocenters. The second-order valence-corrected chi connectivity index (χ2v) is 9.54. The van der Waals surface area contributed by atoms with Crippen LogP contribution in [0, 0.1) is 5.92 Å². The largest absolute Gasteiger partial charge is 0.493 e. The Morgan fingerprint density at radius 2 is 2.03 bits per heavy atom. The van der Waals surface area contributed by atoms with Crippen molar-refractivity contribution in [2.24, 2.45) is 15.9 Å². The van der Waals surface area contributed by atoms with Crippen LogP contribution >= 0.6 is 0 Å². The number of unbranched alkanes of at least 4 members (excludes halogenated alkanes) is 1. The van der Waals surface area contributed by atoms with Gasteiger partial charge in [-0.2, -0.15) is 0 Å². The summed E-state index contributed by atoms with van der Waals surface area (Å²) < 4.78 is 5.86. The molecule has 1 saturated heterocycles. The molecule has 1 amide bonds. The Bertz CT molecular complexity index is 1210. The van der Waals surface area contributed by atoms with Crippen LogP contribution in [0.15, 0.2) is 63.8 Å². The minimum atomic E-state index is -0.960. The predicted octanol–water partition coefficient (Wildman–Crippen LogP) is 5.00. The van der Waals surface area contributed by atoms with Gasteiger partial charge in [0.15, 0.2) is 0 Å². The van der Waals surface area contributed by atoms with E-state index in [0.29, 0.717) is 29.5 Å². The summed E-state index contributed by atoms with van der Waals surface area (Å²) in [6.45, 7) is 6.38. The van der Waals surface area contributed by atoms with Gasteiger partial charge in [0.2, 0.25) is 0 Å². The number of carbonyl (C=O) groups excluding carboxylic acids is 1. The smallest absolute Gasteiger partial charge is 0.335 e. The Labute approximate surface area is 223 Å². The van der Waals surface area contributed by atoms with E-state index in [9.17, 15) is 9.59 Å². The molecule has 4 rings (SSSR count). The average Bonchev–Trinajstić information content (AvgIpc) is 3.36. The van der Waals surface area contributed by atoms with Crippen LogP contribution < -0.4 is 15.0 Å². The third kappa shape index (κ3) is 6.85. The monoisotopic (exact) mass is 517 g/mol. The molecule has 1 aromatic carbocycles. The van der Waals surface area contributed by atoms with Crippen molar-refractivity contribution in [2.45, 2.75) is 52.0 Å². The lowest BCUT2D eigenvalue weighted by Gasteiger charge is -2.32. The molecule has 1 aromatic heterocycles. The van der Waals surface area contributed by atoms with Crippen molar-refractivity contribution in [3.8, 4) is 5.75 Å². The number of ether oxygens (including phenoxy) is 1. The predicted molar refractivity (Wildman–Crippen MR) is 150 cm³/mol. The van der Waals surface area contributed by atoms with Gasteiger partial charge >= 0.3 is 5.97 Å². The number of benzene rings is 1. The van der Waals surface area contributed by atoms with Gasteiger partial charge in [0.1, 0.15) is 11.6 Å². The molecule has 0 bridgehead atoms. The number of rotatable bonds is 11. The molecule has 0 aliphatic carbocycles. The maximum atomic E-state index is 12.9. The van der Waals surface area contributed by atoms with Crippen molar-refractivity contribution < 1.29 is 19.4 Å². The summed E-state index contributed by atoms with van der Waals surface area (Å²) in [5.74, 6) is 0.654. The molecular weight excluding hydrogens is 482 g/mol. The molecule has 1 fully saturated rings. The van der Waals surface area contributed by atoms with Gasteiger partial charge < -0.3 is 20.1 Å². The number of amides is 1. The Morgan fingerprint density at radius 1 is 1.21 bits per heavy atom. The Balaban J connectivity index is 1.29. The van der Waals surface area contributed by atoms with Crippen molar-refractivity contribution in [1.29, 1.82) is 0 Å². The van der Waals surface area contributed by atoms with E-state index in [4.69, 9.17) is 9.84 Å². The number of aliphatic imine (C=N–C) groups is 2. The highest BCUT2D eigenvalue weighted by Gasteiger charge is 2.25. The number of hydrogen-bond acceptors (Lipinski definition) is 7. The van der Waals surface area contributed by atoms with Crippen LogP contribution in [0.3, 0.4) is 0 Å². The Morgan fingerprint density at radius 3 is 2.71 bits per heavy atom. The van der Waals surface area contributed by atoms with Gasteiger partial charge in [-0.15, -0.1) is 0 Å². The van der Waals surface area contributed by atoms with E-state index in [1.54, 1.807) is 36.7 Å². The van der Waals surface area contributed by atoms with Crippen molar-refractivity contribution in [3.63, 3.8) is 0 Å². The molecule has 2 aromatic rings. The summed E-state index contributed by atoms with van der Waals surface area (Å²) in [4.78, 5) is 39.9. The zero-order valence-corrected chi connectivity index (χ0v) is 22.0. The lowest BCUT2D eigenvalue weighted by Crippen LogP contribution is -2.36. The van der Waals surface area contributed by atoms with Crippen molar-refractivity contribution in [2.75, 3.05) is 29.9 Å². The number of piperidine rings is 1. The quantitative estimate of drug-likeness (QED) is 0.405. The molecule has 2 aliphatic rings. The van der Waals surface area contributed by atoms with Crippen LogP contribution in [-0.4, -0.2) is 60.1 Å². The number of aromatic nitrogens is 1. The number of carbonyl (C=O) groups is 2. The van der Waals surface area contributed by atoms with E-state index in [1.807, 2.05) is 25.3 Å².